The number of allylic oxidation sites excluding steroid dienone is 2. The number of ether oxygens (including phenoxy) is 1. The normalized spacial score (nSPS) is 26.2. The van der Waals surface area contributed by atoms with Crippen LogP contribution in [-0.2, 0) is 9.53 Å². The van der Waals surface area contributed by atoms with Crippen LogP contribution in [0.5, 0.6) is 0 Å². The Morgan fingerprint density at radius 2 is 2.25 bits per heavy atom. The zero-order valence-electron chi connectivity index (χ0n) is 12.5. The first-order valence-corrected chi connectivity index (χ1v) is 7.52. The van der Waals surface area contributed by atoms with Crippen molar-refractivity contribution in [3.8, 4) is 0 Å². The number of unbranched alkanes of at least 4 members (excludes halogenated alkanes) is 1. The summed E-state index contributed by atoms with van der Waals surface area (Å²) in [6, 6.07) is 0.220. The fourth-order valence-electron chi connectivity index (χ4n) is 2.83. The second-order valence-corrected chi connectivity index (χ2v) is 5.48. The second-order valence-electron chi connectivity index (χ2n) is 5.48. The second kappa shape index (κ2) is 9.57. The van der Waals surface area contributed by atoms with E-state index >= 15 is 0 Å². The SMILES string of the molecule is C=C=C[C@@H]1CCCC(C/C=C\CCCC(=O)OC)[C@H]1N. The molecule has 1 fully saturated rings. The number of carbonyl (C=O) groups is 1. The molecule has 3 heteroatoms. The van der Waals surface area contributed by atoms with Gasteiger partial charge in [-0.1, -0.05) is 25.2 Å². The maximum atomic E-state index is 11.0. The molecule has 1 rings (SSSR count). The summed E-state index contributed by atoms with van der Waals surface area (Å²) in [5.41, 5.74) is 9.19. The predicted octanol–water partition coefficient (Wildman–Crippen LogP) is 3.36. The van der Waals surface area contributed by atoms with E-state index in [1.807, 2.05) is 6.08 Å². The summed E-state index contributed by atoms with van der Waals surface area (Å²) in [6.45, 7) is 3.64. The van der Waals surface area contributed by atoms with E-state index in [0.717, 1.165) is 25.7 Å². The molecule has 0 heterocycles. The van der Waals surface area contributed by atoms with Crippen LogP contribution < -0.4 is 5.73 Å². The molecule has 0 aromatic carbocycles. The van der Waals surface area contributed by atoms with Crippen molar-refractivity contribution in [2.75, 3.05) is 7.11 Å². The molecular weight excluding hydrogens is 250 g/mol. The first-order chi connectivity index (χ1) is 9.69. The summed E-state index contributed by atoms with van der Waals surface area (Å²) in [6.07, 6.45) is 13.3. The van der Waals surface area contributed by atoms with Crippen molar-refractivity contribution < 1.29 is 9.53 Å². The number of methoxy groups -OCH3 is 1. The van der Waals surface area contributed by atoms with E-state index in [9.17, 15) is 4.79 Å². The summed E-state index contributed by atoms with van der Waals surface area (Å²) >= 11 is 0. The molecule has 0 spiro atoms. The minimum Gasteiger partial charge on any atom is -0.469 e. The van der Waals surface area contributed by atoms with Crippen LogP contribution in [0.1, 0.15) is 44.9 Å². The maximum absolute atomic E-state index is 11.0. The summed E-state index contributed by atoms with van der Waals surface area (Å²) in [5, 5.41) is 0. The third-order valence-corrected chi connectivity index (χ3v) is 4.07. The molecule has 0 aromatic rings. The van der Waals surface area contributed by atoms with Crippen LogP contribution in [-0.4, -0.2) is 19.1 Å². The van der Waals surface area contributed by atoms with Gasteiger partial charge in [0.15, 0.2) is 0 Å². The van der Waals surface area contributed by atoms with Crippen LogP contribution >= 0.6 is 0 Å². The molecule has 1 saturated carbocycles. The van der Waals surface area contributed by atoms with Gasteiger partial charge in [-0.3, -0.25) is 4.79 Å². The standard InChI is InChI=1S/C17H27NO2/c1-3-9-14-11-8-12-15(17(14)18)10-6-4-5-7-13-16(19)20-2/h4,6,9,14-15,17H,1,5,7-8,10-13,18H2,2H3/b6-4-/t14-,15?,17+/m1/s1. The van der Waals surface area contributed by atoms with Gasteiger partial charge < -0.3 is 10.5 Å². The molecule has 3 nitrogen and oxygen atoms in total. The van der Waals surface area contributed by atoms with Gasteiger partial charge in [0.1, 0.15) is 0 Å². The lowest BCUT2D eigenvalue weighted by Crippen LogP contribution is -2.39. The van der Waals surface area contributed by atoms with Crippen molar-refractivity contribution in [2.24, 2.45) is 17.6 Å². The number of nitrogens with two attached hydrogens (primary N) is 1. The van der Waals surface area contributed by atoms with Crippen LogP contribution in [0.2, 0.25) is 0 Å². The monoisotopic (exact) mass is 277 g/mol. The van der Waals surface area contributed by atoms with Crippen molar-refractivity contribution in [3.05, 3.63) is 30.5 Å². The fourth-order valence-corrected chi connectivity index (χ4v) is 2.83. The molecule has 1 aliphatic carbocycles. The van der Waals surface area contributed by atoms with Gasteiger partial charge in [-0.2, -0.15) is 0 Å². The Bertz CT molecular complexity index is 369. The lowest BCUT2D eigenvalue weighted by molar-refractivity contribution is -0.140. The molecule has 3 atom stereocenters. The molecule has 0 aliphatic heterocycles. The van der Waals surface area contributed by atoms with E-state index in [4.69, 9.17) is 5.73 Å². The summed E-state index contributed by atoms with van der Waals surface area (Å²) < 4.78 is 4.61. The van der Waals surface area contributed by atoms with Gasteiger partial charge in [0.2, 0.25) is 0 Å². The lowest BCUT2D eigenvalue weighted by atomic mass is 9.76. The number of carbonyl (C=O) groups excluding carboxylic acids is 1. The van der Waals surface area contributed by atoms with E-state index in [0.29, 0.717) is 18.3 Å². The van der Waals surface area contributed by atoms with Gasteiger partial charge in [0, 0.05) is 12.5 Å². The minimum absolute atomic E-state index is 0.133. The Hall–Kier alpha value is -1.31. The van der Waals surface area contributed by atoms with Gasteiger partial charge in [0.25, 0.3) is 0 Å². The molecule has 2 N–H and O–H groups in total. The Kier molecular flexibility index (Phi) is 8.01. The van der Waals surface area contributed by atoms with Crippen LogP contribution in [0.3, 0.4) is 0 Å². The van der Waals surface area contributed by atoms with Gasteiger partial charge in [-0.05, 0) is 50.0 Å². The van der Waals surface area contributed by atoms with Crippen molar-refractivity contribution in [3.63, 3.8) is 0 Å². The van der Waals surface area contributed by atoms with Crippen LogP contribution in [0, 0.1) is 11.8 Å². The van der Waals surface area contributed by atoms with Gasteiger partial charge in [-0.25, -0.2) is 0 Å². The Balaban J connectivity index is 2.26. The predicted molar refractivity (Wildman–Crippen MR) is 82.1 cm³/mol. The van der Waals surface area contributed by atoms with Gasteiger partial charge in [-0.15, -0.1) is 5.73 Å². The molecule has 20 heavy (non-hydrogen) atoms. The number of rotatable bonds is 7. The van der Waals surface area contributed by atoms with E-state index in [-0.39, 0.29) is 12.0 Å². The fraction of sp³-hybridized carbons (Fsp3) is 0.647. The largest absolute Gasteiger partial charge is 0.469 e. The lowest BCUT2D eigenvalue weighted by Gasteiger charge is -2.33. The van der Waals surface area contributed by atoms with E-state index < -0.39 is 0 Å². The molecule has 1 aliphatic rings. The topological polar surface area (TPSA) is 52.3 Å². The zero-order valence-corrected chi connectivity index (χ0v) is 12.5. The molecule has 0 aromatic heterocycles. The average molecular weight is 277 g/mol. The summed E-state index contributed by atoms with van der Waals surface area (Å²) in [4.78, 5) is 11.0. The number of hydrogen-bond acceptors (Lipinski definition) is 3. The number of esters is 1. The third kappa shape index (κ3) is 5.77. The van der Waals surface area contributed by atoms with E-state index in [1.165, 1.54) is 20.0 Å². The Morgan fingerprint density at radius 3 is 2.95 bits per heavy atom. The van der Waals surface area contributed by atoms with Crippen LogP contribution in [0.4, 0.5) is 0 Å². The first kappa shape index (κ1) is 16.7. The van der Waals surface area contributed by atoms with Crippen molar-refractivity contribution in [2.45, 2.75) is 51.0 Å². The molecule has 1 unspecified atom stereocenters. The summed E-state index contributed by atoms with van der Waals surface area (Å²) in [7, 11) is 1.43. The Morgan fingerprint density at radius 1 is 1.45 bits per heavy atom. The number of hydrogen-bond donors (Lipinski definition) is 1. The molecule has 0 saturated heterocycles. The van der Waals surface area contributed by atoms with Crippen molar-refractivity contribution >= 4 is 5.97 Å². The highest BCUT2D eigenvalue weighted by Crippen LogP contribution is 2.31. The minimum atomic E-state index is -0.133. The van der Waals surface area contributed by atoms with Gasteiger partial charge in [0.05, 0.1) is 7.11 Å². The molecule has 0 radical (unpaired) electrons. The highest BCUT2D eigenvalue weighted by atomic mass is 16.5. The van der Waals surface area contributed by atoms with Crippen LogP contribution in [0.15, 0.2) is 30.5 Å². The van der Waals surface area contributed by atoms with E-state index in [2.05, 4.69) is 29.2 Å². The third-order valence-electron chi connectivity index (χ3n) is 4.07. The smallest absolute Gasteiger partial charge is 0.305 e. The zero-order chi connectivity index (χ0) is 14.8. The highest BCUT2D eigenvalue weighted by Gasteiger charge is 2.27. The van der Waals surface area contributed by atoms with Crippen molar-refractivity contribution in [1.29, 1.82) is 0 Å². The average Bonchev–Trinajstić information content (AvgIpc) is 2.46. The first-order valence-electron chi connectivity index (χ1n) is 7.52. The molecule has 0 amide bonds. The molecule has 0 bridgehead atoms. The van der Waals surface area contributed by atoms with Gasteiger partial charge >= 0.3 is 5.97 Å². The highest BCUT2D eigenvalue weighted by molar-refractivity contribution is 5.68. The quantitative estimate of drug-likeness (QED) is 0.336. The Labute approximate surface area is 122 Å². The summed E-state index contributed by atoms with van der Waals surface area (Å²) in [5.74, 6) is 0.848. The maximum Gasteiger partial charge on any atom is 0.305 e. The van der Waals surface area contributed by atoms with E-state index in [1.54, 1.807) is 0 Å². The van der Waals surface area contributed by atoms with Crippen molar-refractivity contribution in [1.82, 2.24) is 0 Å². The molecule has 112 valence electrons. The van der Waals surface area contributed by atoms with Crippen LogP contribution in [0.25, 0.3) is 0 Å². The molecular formula is C17H27NO2.